The molecule has 2 atom stereocenters. The lowest BCUT2D eigenvalue weighted by atomic mass is 9.60. The van der Waals surface area contributed by atoms with Crippen molar-refractivity contribution in [1.82, 2.24) is 5.32 Å². The van der Waals surface area contributed by atoms with Crippen LogP contribution in [0.2, 0.25) is 0 Å². The van der Waals surface area contributed by atoms with Gasteiger partial charge in [-0.05, 0) is 38.5 Å². The van der Waals surface area contributed by atoms with E-state index in [0.29, 0.717) is 12.1 Å². The summed E-state index contributed by atoms with van der Waals surface area (Å²) in [5.41, 5.74) is -1.17. The molecule has 2 bridgehead atoms. The predicted molar refractivity (Wildman–Crippen MR) is 65.3 cm³/mol. The van der Waals surface area contributed by atoms with Crippen molar-refractivity contribution in [2.75, 3.05) is 0 Å². The molecule has 3 rings (SSSR count). The molecule has 17 heavy (non-hydrogen) atoms. The van der Waals surface area contributed by atoms with Gasteiger partial charge < -0.3 is 10.4 Å². The number of hydrogen-bond donors (Lipinski definition) is 2. The van der Waals surface area contributed by atoms with Crippen molar-refractivity contribution in [2.45, 2.75) is 75.5 Å². The van der Waals surface area contributed by atoms with Gasteiger partial charge in [-0.1, -0.05) is 19.3 Å². The summed E-state index contributed by atoms with van der Waals surface area (Å²) in [7, 11) is 0. The van der Waals surface area contributed by atoms with Crippen molar-refractivity contribution in [2.24, 2.45) is 5.41 Å². The van der Waals surface area contributed by atoms with Crippen molar-refractivity contribution >= 4 is 0 Å². The zero-order valence-electron chi connectivity index (χ0n) is 10.4. The maximum absolute atomic E-state index is 11.1. The molecule has 3 heteroatoms. The number of rotatable bonds is 1. The maximum Gasteiger partial charge on any atom is 0.0862 e. The van der Waals surface area contributed by atoms with Crippen LogP contribution >= 0.6 is 0 Å². The molecule has 0 radical (unpaired) electrons. The first-order chi connectivity index (χ1) is 8.17. The van der Waals surface area contributed by atoms with Crippen molar-refractivity contribution in [3.63, 3.8) is 0 Å². The number of aliphatic hydroxyl groups is 1. The zero-order valence-corrected chi connectivity index (χ0v) is 10.4. The highest BCUT2D eigenvalue weighted by Gasteiger charge is 2.55. The van der Waals surface area contributed by atoms with Gasteiger partial charge in [-0.15, -0.1) is 0 Å². The summed E-state index contributed by atoms with van der Waals surface area (Å²) in [6.45, 7) is 0. The van der Waals surface area contributed by atoms with Crippen LogP contribution in [0.4, 0.5) is 0 Å². The number of piperidine rings is 1. The van der Waals surface area contributed by atoms with E-state index in [2.05, 4.69) is 11.4 Å². The highest BCUT2D eigenvalue weighted by molar-refractivity contribution is 5.17. The second-order valence-electron chi connectivity index (χ2n) is 6.33. The molecule has 3 fully saturated rings. The first-order valence-electron chi connectivity index (χ1n) is 7.07. The van der Waals surface area contributed by atoms with Gasteiger partial charge in [0, 0.05) is 12.1 Å². The van der Waals surface area contributed by atoms with Gasteiger partial charge in [0.1, 0.15) is 0 Å². The van der Waals surface area contributed by atoms with E-state index in [1.807, 2.05) is 0 Å². The Kier molecular flexibility index (Phi) is 2.68. The topological polar surface area (TPSA) is 56.0 Å². The Morgan fingerprint density at radius 3 is 2.18 bits per heavy atom. The van der Waals surface area contributed by atoms with E-state index in [0.717, 1.165) is 38.5 Å². The minimum Gasteiger partial charge on any atom is -0.388 e. The standard InChI is InChI=1S/C14H22N2O/c15-10-13(6-2-1-3-7-13)14(17)8-11-4-5-12(9-14)16-11/h11-12,16-17H,1-9H2. The second kappa shape index (κ2) is 3.96. The minimum atomic E-state index is -0.723. The van der Waals surface area contributed by atoms with Crippen LogP contribution in [0.5, 0.6) is 0 Å². The molecule has 0 amide bonds. The van der Waals surface area contributed by atoms with Crippen molar-refractivity contribution < 1.29 is 5.11 Å². The van der Waals surface area contributed by atoms with Gasteiger partial charge >= 0.3 is 0 Å². The first kappa shape index (κ1) is 11.5. The lowest BCUT2D eigenvalue weighted by Gasteiger charge is -2.49. The fraction of sp³-hybridized carbons (Fsp3) is 0.929. The molecular formula is C14H22N2O. The number of fused-ring (bicyclic) bond motifs is 2. The molecule has 3 nitrogen and oxygen atoms in total. The van der Waals surface area contributed by atoms with E-state index in [1.165, 1.54) is 19.3 Å². The molecule has 2 heterocycles. The Morgan fingerprint density at radius 1 is 1.06 bits per heavy atom. The number of nitrogens with zero attached hydrogens (tertiary/aromatic N) is 1. The predicted octanol–water partition coefficient (Wildman–Crippen LogP) is 2.11. The molecule has 1 aliphatic carbocycles. The van der Waals surface area contributed by atoms with E-state index in [1.54, 1.807) is 0 Å². The molecule has 0 spiro atoms. The van der Waals surface area contributed by atoms with Crippen molar-refractivity contribution in [3.05, 3.63) is 0 Å². The molecule has 94 valence electrons. The van der Waals surface area contributed by atoms with Crippen LogP contribution in [0.3, 0.4) is 0 Å². The highest BCUT2D eigenvalue weighted by Crippen LogP contribution is 2.51. The quantitative estimate of drug-likeness (QED) is 0.730. The first-order valence-corrected chi connectivity index (χ1v) is 7.07. The third-order valence-corrected chi connectivity index (χ3v) is 5.32. The smallest absolute Gasteiger partial charge is 0.0862 e. The largest absolute Gasteiger partial charge is 0.388 e. The third-order valence-electron chi connectivity index (χ3n) is 5.32. The fourth-order valence-electron chi connectivity index (χ4n) is 4.35. The molecule has 0 aromatic heterocycles. The molecule has 2 aliphatic heterocycles. The fourth-order valence-corrected chi connectivity index (χ4v) is 4.35. The summed E-state index contributed by atoms with van der Waals surface area (Å²) in [5.74, 6) is 0. The van der Waals surface area contributed by atoms with Crippen LogP contribution in [0.15, 0.2) is 0 Å². The molecule has 2 saturated heterocycles. The lowest BCUT2D eigenvalue weighted by molar-refractivity contribution is -0.103. The summed E-state index contributed by atoms with van der Waals surface area (Å²) >= 11 is 0. The Hall–Kier alpha value is -0.590. The molecule has 2 N–H and O–H groups in total. The third kappa shape index (κ3) is 1.70. The average molecular weight is 234 g/mol. The maximum atomic E-state index is 11.1. The summed E-state index contributed by atoms with van der Waals surface area (Å²) < 4.78 is 0. The van der Waals surface area contributed by atoms with Gasteiger partial charge in [0.05, 0.1) is 17.1 Å². The monoisotopic (exact) mass is 234 g/mol. The average Bonchev–Trinajstić information content (AvgIpc) is 2.70. The van der Waals surface area contributed by atoms with Crippen LogP contribution in [0.1, 0.15) is 57.8 Å². The van der Waals surface area contributed by atoms with Gasteiger partial charge in [-0.2, -0.15) is 5.26 Å². The van der Waals surface area contributed by atoms with Crippen LogP contribution in [-0.4, -0.2) is 22.8 Å². The van der Waals surface area contributed by atoms with Gasteiger partial charge in [0.25, 0.3) is 0 Å². The Morgan fingerprint density at radius 2 is 1.65 bits per heavy atom. The molecule has 0 aromatic rings. The van der Waals surface area contributed by atoms with E-state index >= 15 is 0 Å². The normalized spacial score (nSPS) is 44.2. The van der Waals surface area contributed by atoms with Crippen LogP contribution < -0.4 is 5.32 Å². The molecule has 3 aliphatic rings. The van der Waals surface area contributed by atoms with E-state index in [4.69, 9.17) is 0 Å². The van der Waals surface area contributed by atoms with Crippen LogP contribution in [0, 0.1) is 16.7 Å². The number of nitrogens with one attached hydrogen (secondary N) is 1. The summed E-state index contributed by atoms with van der Waals surface area (Å²) in [4.78, 5) is 0. The van der Waals surface area contributed by atoms with Crippen molar-refractivity contribution in [3.8, 4) is 6.07 Å². The Labute approximate surface area is 103 Å². The zero-order chi connectivity index (χ0) is 11.9. The SMILES string of the molecule is N#CC1(C2(O)CC3CCC(C2)N3)CCCCC1. The minimum absolute atomic E-state index is 0.450. The van der Waals surface area contributed by atoms with E-state index in [-0.39, 0.29) is 0 Å². The second-order valence-corrected chi connectivity index (χ2v) is 6.33. The van der Waals surface area contributed by atoms with Crippen molar-refractivity contribution in [1.29, 1.82) is 5.26 Å². The number of nitriles is 1. The van der Waals surface area contributed by atoms with E-state index < -0.39 is 11.0 Å². The number of hydrogen-bond acceptors (Lipinski definition) is 3. The van der Waals surface area contributed by atoms with Gasteiger partial charge in [0.2, 0.25) is 0 Å². The molecule has 0 aromatic carbocycles. The van der Waals surface area contributed by atoms with Crippen LogP contribution in [0.25, 0.3) is 0 Å². The highest BCUT2D eigenvalue weighted by atomic mass is 16.3. The van der Waals surface area contributed by atoms with E-state index in [9.17, 15) is 10.4 Å². The molecule has 1 saturated carbocycles. The van der Waals surface area contributed by atoms with Gasteiger partial charge in [0.15, 0.2) is 0 Å². The summed E-state index contributed by atoms with van der Waals surface area (Å²) in [5, 5.41) is 24.2. The Balaban J connectivity index is 1.88. The molecular weight excluding hydrogens is 212 g/mol. The van der Waals surface area contributed by atoms with Crippen LogP contribution in [-0.2, 0) is 0 Å². The van der Waals surface area contributed by atoms with Gasteiger partial charge in [-0.25, -0.2) is 0 Å². The lowest BCUT2D eigenvalue weighted by Crippen LogP contribution is -2.57. The van der Waals surface area contributed by atoms with Gasteiger partial charge in [-0.3, -0.25) is 0 Å². The Bertz CT molecular complexity index is 329. The molecule has 2 unspecified atom stereocenters. The summed E-state index contributed by atoms with van der Waals surface area (Å²) in [6.07, 6.45) is 9.18. The summed E-state index contributed by atoms with van der Waals surface area (Å²) in [6, 6.07) is 3.42.